The van der Waals surface area contributed by atoms with Crippen LogP contribution in [0.4, 0.5) is 4.79 Å². The minimum absolute atomic E-state index is 0.0620. The van der Waals surface area contributed by atoms with E-state index in [1.54, 1.807) is 0 Å². The predicted octanol–water partition coefficient (Wildman–Crippen LogP) is 2.06. The molecule has 3 amide bonds. The van der Waals surface area contributed by atoms with Gasteiger partial charge in [0.05, 0.1) is 5.75 Å². The number of nitrogens with two attached hydrogens (primary N) is 1. The van der Waals surface area contributed by atoms with Gasteiger partial charge in [-0.2, -0.15) is 0 Å². The van der Waals surface area contributed by atoms with Crippen LogP contribution in [-0.2, 0) is 14.3 Å². The van der Waals surface area contributed by atoms with Crippen LogP contribution < -0.4 is 11.1 Å². The van der Waals surface area contributed by atoms with Gasteiger partial charge in [-0.25, -0.2) is 4.79 Å². The number of benzene rings is 2. The number of hydrogen-bond acceptors (Lipinski definition) is 5. The Kier molecular flexibility index (Phi) is 5.59. The van der Waals surface area contributed by atoms with Gasteiger partial charge in [-0.1, -0.05) is 30.3 Å². The van der Waals surface area contributed by atoms with Gasteiger partial charge in [0.25, 0.3) is 5.91 Å². The van der Waals surface area contributed by atoms with E-state index in [0.29, 0.717) is 0 Å². The molecule has 0 aliphatic carbocycles. The molecule has 0 aliphatic heterocycles. The number of carbonyl (C=O) groups excluding carboxylic acids is 3. The molecule has 1 atom stereocenters. The number of amides is 3. The molecule has 0 aromatic heterocycles. The van der Waals surface area contributed by atoms with Gasteiger partial charge in [0.2, 0.25) is 0 Å². The summed E-state index contributed by atoms with van der Waals surface area (Å²) >= 11 is 1.31. The second-order valence-electron chi connectivity index (χ2n) is 4.78. The summed E-state index contributed by atoms with van der Waals surface area (Å²) in [6.45, 7) is 1.37. The zero-order chi connectivity index (χ0) is 16.8. The van der Waals surface area contributed by atoms with Crippen molar-refractivity contribution in [1.82, 2.24) is 5.32 Å². The van der Waals surface area contributed by atoms with E-state index in [1.807, 2.05) is 47.8 Å². The average molecular weight is 332 g/mol. The number of carbonyl (C=O) groups is 3. The van der Waals surface area contributed by atoms with E-state index in [4.69, 9.17) is 10.5 Å². The molecule has 0 fully saturated rings. The van der Waals surface area contributed by atoms with E-state index >= 15 is 0 Å². The van der Waals surface area contributed by atoms with E-state index < -0.39 is 24.0 Å². The zero-order valence-electron chi connectivity index (χ0n) is 12.4. The maximum atomic E-state index is 11.7. The maximum Gasteiger partial charge on any atom is 0.318 e. The summed E-state index contributed by atoms with van der Waals surface area (Å²) in [6, 6.07) is 12.8. The molecule has 6 nitrogen and oxygen atoms in total. The molecule has 0 unspecified atom stereocenters. The quantitative estimate of drug-likeness (QED) is 0.645. The van der Waals surface area contributed by atoms with Gasteiger partial charge < -0.3 is 10.5 Å². The average Bonchev–Trinajstić information content (AvgIpc) is 2.52. The van der Waals surface area contributed by atoms with Crippen molar-refractivity contribution in [3.63, 3.8) is 0 Å². The number of urea groups is 1. The fourth-order valence-corrected chi connectivity index (χ4v) is 2.63. The second kappa shape index (κ2) is 7.64. The highest BCUT2D eigenvalue weighted by Crippen LogP contribution is 2.23. The lowest BCUT2D eigenvalue weighted by Crippen LogP contribution is -2.42. The molecule has 2 aromatic carbocycles. The van der Waals surface area contributed by atoms with Crippen molar-refractivity contribution < 1.29 is 19.1 Å². The summed E-state index contributed by atoms with van der Waals surface area (Å²) in [6.07, 6.45) is -1.08. The van der Waals surface area contributed by atoms with Gasteiger partial charge in [-0.05, 0) is 29.8 Å². The molecular weight excluding hydrogens is 316 g/mol. The van der Waals surface area contributed by atoms with Crippen LogP contribution in [0.3, 0.4) is 0 Å². The third kappa shape index (κ3) is 5.00. The molecule has 23 heavy (non-hydrogen) atoms. The summed E-state index contributed by atoms with van der Waals surface area (Å²) in [4.78, 5) is 34.6. The van der Waals surface area contributed by atoms with Crippen LogP contribution in [0.1, 0.15) is 6.92 Å². The van der Waals surface area contributed by atoms with Crippen molar-refractivity contribution >= 4 is 40.4 Å². The number of rotatable bonds is 5. The Bertz CT molecular complexity index is 748. The minimum Gasteiger partial charge on any atom is -0.452 e. The van der Waals surface area contributed by atoms with Crippen LogP contribution >= 0.6 is 11.8 Å². The van der Waals surface area contributed by atoms with Crippen molar-refractivity contribution in [2.24, 2.45) is 5.73 Å². The summed E-state index contributed by atoms with van der Waals surface area (Å²) in [5, 5.41) is 4.06. The van der Waals surface area contributed by atoms with Gasteiger partial charge >= 0.3 is 12.0 Å². The first-order valence-corrected chi connectivity index (χ1v) is 7.85. The van der Waals surface area contributed by atoms with Crippen LogP contribution in [0.15, 0.2) is 47.4 Å². The molecule has 120 valence electrons. The summed E-state index contributed by atoms with van der Waals surface area (Å²) in [5.41, 5.74) is 4.83. The lowest BCUT2D eigenvalue weighted by Gasteiger charge is -2.11. The maximum absolute atomic E-state index is 11.7. The number of nitrogens with one attached hydrogen (secondary N) is 1. The van der Waals surface area contributed by atoms with E-state index in [-0.39, 0.29) is 5.75 Å². The molecule has 0 heterocycles. The fraction of sp³-hybridized carbons (Fsp3) is 0.188. The van der Waals surface area contributed by atoms with Gasteiger partial charge in [-0.3, -0.25) is 14.9 Å². The van der Waals surface area contributed by atoms with Gasteiger partial charge in [0.15, 0.2) is 6.10 Å². The topological polar surface area (TPSA) is 98.5 Å². The number of primary amides is 1. The third-order valence-corrected chi connectivity index (χ3v) is 3.97. The molecule has 3 N–H and O–H groups in total. The lowest BCUT2D eigenvalue weighted by atomic mass is 10.1. The van der Waals surface area contributed by atoms with E-state index in [1.165, 1.54) is 18.7 Å². The SMILES string of the molecule is C[C@@H](OC(=O)CSc1ccc2ccccc2c1)C(=O)NC(N)=O. The zero-order valence-corrected chi connectivity index (χ0v) is 13.3. The first kappa shape index (κ1) is 16.8. The smallest absolute Gasteiger partial charge is 0.318 e. The van der Waals surface area contributed by atoms with Crippen LogP contribution in [0.2, 0.25) is 0 Å². The Morgan fingerprint density at radius 2 is 1.87 bits per heavy atom. The van der Waals surface area contributed by atoms with Crippen molar-refractivity contribution in [2.75, 3.05) is 5.75 Å². The number of ether oxygens (including phenoxy) is 1. The molecule has 0 saturated carbocycles. The molecular formula is C16H16N2O4S. The highest BCUT2D eigenvalue weighted by molar-refractivity contribution is 8.00. The highest BCUT2D eigenvalue weighted by Gasteiger charge is 2.18. The largest absolute Gasteiger partial charge is 0.452 e. The number of thioether (sulfide) groups is 1. The van der Waals surface area contributed by atoms with Crippen molar-refractivity contribution in [2.45, 2.75) is 17.9 Å². The number of hydrogen-bond donors (Lipinski definition) is 2. The predicted molar refractivity (Wildman–Crippen MR) is 88.0 cm³/mol. The normalized spacial score (nSPS) is 11.7. The second-order valence-corrected chi connectivity index (χ2v) is 5.83. The molecule has 0 saturated heterocycles. The molecule has 2 aromatic rings. The Balaban J connectivity index is 1.88. The summed E-state index contributed by atoms with van der Waals surface area (Å²) in [7, 11) is 0. The lowest BCUT2D eigenvalue weighted by molar-refractivity contribution is -0.151. The van der Waals surface area contributed by atoms with Gasteiger partial charge in [-0.15, -0.1) is 11.8 Å². The van der Waals surface area contributed by atoms with Crippen molar-refractivity contribution in [3.8, 4) is 0 Å². The summed E-state index contributed by atoms with van der Waals surface area (Å²) in [5.74, 6) is -1.23. The molecule has 0 bridgehead atoms. The van der Waals surface area contributed by atoms with Crippen molar-refractivity contribution in [3.05, 3.63) is 42.5 Å². The molecule has 7 heteroatoms. The molecule has 0 radical (unpaired) electrons. The summed E-state index contributed by atoms with van der Waals surface area (Å²) < 4.78 is 4.94. The molecule has 0 spiro atoms. The first-order chi connectivity index (χ1) is 11.0. The number of esters is 1. The van der Waals surface area contributed by atoms with Crippen LogP contribution in [0, 0.1) is 0 Å². The Hall–Kier alpha value is -2.54. The van der Waals surface area contributed by atoms with Crippen LogP contribution in [-0.4, -0.2) is 29.8 Å². The monoisotopic (exact) mass is 332 g/mol. The van der Waals surface area contributed by atoms with Gasteiger partial charge in [0.1, 0.15) is 0 Å². The van der Waals surface area contributed by atoms with Crippen LogP contribution in [0.25, 0.3) is 10.8 Å². The van der Waals surface area contributed by atoms with E-state index in [9.17, 15) is 14.4 Å². The fourth-order valence-electron chi connectivity index (χ4n) is 1.91. The van der Waals surface area contributed by atoms with E-state index in [2.05, 4.69) is 0 Å². The number of imide groups is 1. The highest BCUT2D eigenvalue weighted by atomic mass is 32.2. The first-order valence-electron chi connectivity index (χ1n) is 6.87. The minimum atomic E-state index is -1.08. The number of fused-ring (bicyclic) bond motifs is 1. The third-order valence-electron chi connectivity index (χ3n) is 3.00. The Morgan fingerprint density at radius 1 is 1.17 bits per heavy atom. The molecule has 0 aliphatic rings. The Labute approximate surface area is 137 Å². The van der Waals surface area contributed by atoms with Gasteiger partial charge in [0, 0.05) is 4.90 Å². The van der Waals surface area contributed by atoms with Crippen LogP contribution in [0.5, 0.6) is 0 Å². The van der Waals surface area contributed by atoms with Crippen molar-refractivity contribution in [1.29, 1.82) is 0 Å². The standard InChI is InChI=1S/C16H16N2O4S/c1-10(15(20)18-16(17)21)22-14(19)9-23-13-7-6-11-4-2-3-5-12(11)8-13/h2-8,10H,9H2,1H3,(H3,17,18,20,21)/t10-/m1/s1. The Morgan fingerprint density at radius 3 is 2.57 bits per heavy atom. The van der Waals surface area contributed by atoms with E-state index in [0.717, 1.165) is 15.7 Å². The molecule has 2 rings (SSSR count).